The number of ether oxygens (including phenoxy) is 3. The fourth-order valence-corrected chi connectivity index (χ4v) is 3.14. The number of benzene rings is 1. The highest BCUT2D eigenvalue weighted by Crippen LogP contribution is 2.43. The molecule has 0 bridgehead atoms. The first-order valence-corrected chi connectivity index (χ1v) is 7.44. The van der Waals surface area contributed by atoms with E-state index in [-0.39, 0.29) is 11.5 Å². The molecule has 1 aromatic rings. The Kier molecular flexibility index (Phi) is 4.79. The van der Waals surface area contributed by atoms with Crippen LogP contribution in [-0.2, 0) is 4.74 Å². The SMILES string of the molecule is COc1ccc(OC)c(C(C)NC2CC(OC)C2(C)C)c1. The van der Waals surface area contributed by atoms with Gasteiger partial charge in [-0.25, -0.2) is 0 Å². The van der Waals surface area contributed by atoms with Gasteiger partial charge in [0.05, 0.1) is 20.3 Å². The van der Waals surface area contributed by atoms with Crippen molar-refractivity contribution >= 4 is 0 Å². The summed E-state index contributed by atoms with van der Waals surface area (Å²) in [6, 6.07) is 6.54. The molecule has 0 amide bonds. The van der Waals surface area contributed by atoms with Gasteiger partial charge in [0.15, 0.2) is 0 Å². The third kappa shape index (κ3) is 3.01. The van der Waals surface area contributed by atoms with Crippen molar-refractivity contribution in [3.05, 3.63) is 23.8 Å². The molecule has 2 rings (SSSR count). The highest BCUT2D eigenvalue weighted by Gasteiger charge is 2.48. The van der Waals surface area contributed by atoms with Gasteiger partial charge in [-0.1, -0.05) is 13.8 Å². The third-order valence-electron chi connectivity index (χ3n) is 4.82. The molecule has 0 radical (unpaired) electrons. The van der Waals surface area contributed by atoms with Gasteiger partial charge >= 0.3 is 0 Å². The second kappa shape index (κ2) is 6.24. The highest BCUT2D eigenvalue weighted by atomic mass is 16.5. The molecule has 3 unspecified atom stereocenters. The first-order chi connectivity index (χ1) is 9.93. The molecule has 1 fully saturated rings. The van der Waals surface area contributed by atoms with E-state index < -0.39 is 0 Å². The van der Waals surface area contributed by atoms with E-state index in [0.717, 1.165) is 23.5 Å². The number of hydrogen-bond acceptors (Lipinski definition) is 4. The van der Waals surface area contributed by atoms with Crippen LogP contribution in [0.1, 0.15) is 38.8 Å². The normalized spacial score (nSPS) is 25.0. The summed E-state index contributed by atoms with van der Waals surface area (Å²) in [5.41, 5.74) is 1.27. The van der Waals surface area contributed by atoms with Gasteiger partial charge in [-0.3, -0.25) is 0 Å². The first-order valence-electron chi connectivity index (χ1n) is 7.44. The van der Waals surface area contributed by atoms with Crippen LogP contribution in [0.25, 0.3) is 0 Å². The van der Waals surface area contributed by atoms with Crippen molar-refractivity contribution in [2.75, 3.05) is 21.3 Å². The van der Waals surface area contributed by atoms with Crippen LogP contribution in [0.3, 0.4) is 0 Å². The molecule has 1 saturated carbocycles. The van der Waals surface area contributed by atoms with Crippen LogP contribution in [-0.4, -0.2) is 33.5 Å². The monoisotopic (exact) mass is 293 g/mol. The third-order valence-corrected chi connectivity index (χ3v) is 4.82. The molecule has 0 saturated heterocycles. The van der Waals surface area contributed by atoms with Crippen molar-refractivity contribution in [2.45, 2.75) is 45.4 Å². The average Bonchev–Trinajstić information content (AvgIpc) is 2.49. The molecular weight excluding hydrogens is 266 g/mol. The van der Waals surface area contributed by atoms with E-state index in [1.54, 1.807) is 21.3 Å². The Morgan fingerprint density at radius 2 is 1.90 bits per heavy atom. The molecule has 21 heavy (non-hydrogen) atoms. The van der Waals surface area contributed by atoms with E-state index in [4.69, 9.17) is 14.2 Å². The molecule has 0 aromatic heterocycles. The van der Waals surface area contributed by atoms with E-state index >= 15 is 0 Å². The second-order valence-corrected chi connectivity index (χ2v) is 6.33. The van der Waals surface area contributed by atoms with E-state index in [0.29, 0.717) is 12.1 Å². The van der Waals surface area contributed by atoms with Crippen LogP contribution in [0.2, 0.25) is 0 Å². The molecule has 0 heterocycles. The van der Waals surface area contributed by atoms with Gasteiger partial charge in [-0.2, -0.15) is 0 Å². The minimum atomic E-state index is 0.148. The fourth-order valence-electron chi connectivity index (χ4n) is 3.14. The zero-order chi connectivity index (χ0) is 15.6. The Bertz CT molecular complexity index is 487. The topological polar surface area (TPSA) is 39.7 Å². The molecule has 1 aliphatic rings. The predicted octanol–water partition coefficient (Wildman–Crippen LogP) is 3.17. The van der Waals surface area contributed by atoms with Crippen molar-refractivity contribution in [3.8, 4) is 11.5 Å². The molecule has 0 aliphatic heterocycles. The molecular formula is C17H27NO3. The predicted molar refractivity (Wildman–Crippen MR) is 84.1 cm³/mol. The molecule has 1 N–H and O–H groups in total. The standard InChI is InChI=1S/C17H27NO3/c1-11(18-15-10-16(21-6)17(15,2)3)13-9-12(19-4)7-8-14(13)20-5/h7-9,11,15-16,18H,10H2,1-6H3. The van der Waals surface area contributed by atoms with Crippen LogP contribution in [0.5, 0.6) is 11.5 Å². The Morgan fingerprint density at radius 1 is 1.19 bits per heavy atom. The smallest absolute Gasteiger partial charge is 0.123 e. The molecule has 3 atom stereocenters. The Balaban J connectivity index is 2.12. The Hall–Kier alpha value is -1.26. The maximum atomic E-state index is 5.52. The molecule has 4 heteroatoms. The van der Waals surface area contributed by atoms with E-state index in [9.17, 15) is 0 Å². The fraction of sp³-hybridized carbons (Fsp3) is 0.647. The molecule has 1 aliphatic carbocycles. The van der Waals surface area contributed by atoms with Crippen LogP contribution in [0.4, 0.5) is 0 Å². The molecule has 4 nitrogen and oxygen atoms in total. The van der Waals surface area contributed by atoms with Gasteiger partial charge in [-0.15, -0.1) is 0 Å². The minimum absolute atomic E-state index is 0.148. The average molecular weight is 293 g/mol. The lowest BCUT2D eigenvalue weighted by atomic mass is 9.64. The molecule has 1 aromatic carbocycles. The van der Waals surface area contributed by atoms with Gasteiger partial charge in [0, 0.05) is 30.2 Å². The lowest BCUT2D eigenvalue weighted by molar-refractivity contribution is -0.0999. The van der Waals surface area contributed by atoms with Crippen molar-refractivity contribution in [1.82, 2.24) is 5.32 Å². The van der Waals surface area contributed by atoms with Gasteiger partial charge in [0.1, 0.15) is 11.5 Å². The van der Waals surface area contributed by atoms with E-state index in [1.165, 1.54) is 0 Å². The quantitative estimate of drug-likeness (QED) is 0.874. The van der Waals surface area contributed by atoms with Crippen LogP contribution < -0.4 is 14.8 Å². The summed E-state index contributed by atoms with van der Waals surface area (Å²) in [4.78, 5) is 0. The van der Waals surface area contributed by atoms with Gasteiger partial charge in [0.2, 0.25) is 0 Å². The van der Waals surface area contributed by atoms with Crippen molar-refractivity contribution in [2.24, 2.45) is 5.41 Å². The summed E-state index contributed by atoms with van der Waals surface area (Å²) in [7, 11) is 5.17. The van der Waals surface area contributed by atoms with Crippen LogP contribution >= 0.6 is 0 Å². The van der Waals surface area contributed by atoms with Crippen molar-refractivity contribution in [3.63, 3.8) is 0 Å². The largest absolute Gasteiger partial charge is 0.497 e. The molecule has 118 valence electrons. The summed E-state index contributed by atoms with van der Waals surface area (Å²) in [5, 5.41) is 3.70. The second-order valence-electron chi connectivity index (χ2n) is 6.33. The van der Waals surface area contributed by atoms with Crippen LogP contribution in [0, 0.1) is 5.41 Å². The Morgan fingerprint density at radius 3 is 2.43 bits per heavy atom. The first kappa shape index (κ1) is 16.1. The maximum Gasteiger partial charge on any atom is 0.123 e. The highest BCUT2D eigenvalue weighted by molar-refractivity contribution is 5.42. The van der Waals surface area contributed by atoms with E-state index in [1.807, 2.05) is 18.2 Å². The zero-order valence-electron chi connectivity index (χ0n) is 13.9. The molecule has 0 spiro atoms. The number of methoxy groups -OCH3 is 3. The maximum absolute atomic E-state index is 5.52. The van der Waals surface area contributed by atoms with Gasteiger partial charge < -0.3 is 19.5 Å². The lowest BCUT2D eigenvalue weighted by Crippen LogP contribution is -2.60. The summed E-state index contributed by atoms with van der Waals surface area (Å²) in [6.45, 7) is 6.66. The summed E-state index contributed by atoms with van der Waals surface area (Å²) in [6.07, 6.45) is 1.37. The summed E-state index contributed by atoms with van der Waals surface area (Å²) >= 11 is 0. The van der Waals surface area contributed by atoms with Gasteiger partial charge in [-0.05, 0) is 31.5 Å². The van der Waals surface area contributed by atoms with Crippen LogP contribution in [0.15, 0.2) is 18.2 Å². The Labute approximate surface area is 127 Å². The minimum Gasteiger partial charge on any atom is -0.497 e. The van der Waals surface area contributed by atoms with Crippen molar-refractivity contribution in [1.29, 1.82) is 0 Å². The van der Waals surface area contributed by atoms with Gasteiger partial charge in [0.25, 0.3) is 0 Å². The van der Waals surface area contributed by atoms with Crippen molar-refractivity contribution < 1.29 is 14.2 Å². The lowest BCUT2D eigenvalue weighted by Gasteiger charge is -2.52. The number of rotatable bonds is 6. The number of nitrogens with one attached hydrogen (secondary N) is 1. The number of hydrogen-bond donors (Lipinski definition) is 1. The van der Waals surface area contributed by atoms with E-state index in [2.05, 4.69) is 26.1 Å². The zero-order valence-corrected chi connectivity index (χ0v) is 13.9. The summed E-state index contributed by atoms with van der Waals surface area (Å²) < 4.78 is 16.3. The summed E-state index contributed by atoms with van der Waals surface area (Å²) in [5.74, 6) is 1.73.